The first-order chi connectivity index (χ1) is 11.1. The summed E-state index contributed by atoms with van der Waals surface area (Å²) < 4.78 is 5.53. The van der Waals surface area contributed by atoms with Crippen molar-refractivity contribution in [3.8, 4) is 0 Å². The molecule has 0 radical (unpaired) electrons. The van der Waals surface area contributed by atoms with Gasteiger partial charge in [-0.1, -0.05) is 36.8 Å². The predicted octanol–water partition coefficient (Wildman–Crippen LogP) is 2.37. The SMILES string of the molecule is CC[C@@H]1NC(=O)N(CC2(c3ccc(C)cc3)CCOCC2)C1=O. The summed E-state index contributed by atoms with van der Waals surface area (Å²) in [5.41, 5.74) is 2.19. The molecule has 23 heavy (non-hydrogen) atoms. The van der Waals surface area contributed by atoms with E-state index in [4.69, 9.17) is 4.74 Å². The van der Waals surface area contributed by atoms with Gasteiger partial charge in [0, 0.05) is 25.2 Å². The zero-order valence-corrected chi connectivity index (χ0v) is 13.8. The molecular formula is C18H24N2O3. The molecule has 0 saturated carbocycles. The fourth-order valence-electron chi connectivity index (χ4n) is 3.51. The monoisotopic (exact) mass is 316 g/mol. The Morgan fingerprint density at radius 2 is 1.87 bits per heavy atom. The maximum Gasteiger partial charge on any atom is 0.324 e. The third-order valence-electron chi connectivity index (χ3n) is 5.09. The second-order valence-corrected chi connectivity index (χ2v) is 6.59. The van der Waals surface area contributed by atoms with Crippen LogP contribution in [0, 0.1) is 6.92 Å². The van der Waals surface area contributed by atoms with Gasteiger partial charge in [0.05, 0.1) is 0 Å². The van der Waals surface area contributed by atoms with Crippen molar-refractivity contribution in [2.45, 2.75) is 44.6 Å². The normalized spacial score (nSPS) is 23.9. The van der Waals surface area contributed by atoms with Crippen LogP contribution >= 0.6 is 0 Å². The Morgan fingerprint density at radius 1 is 1.22 bits per heavy atom. The third-order valence-corrected chi connectivity index (χ3v) is 5.09. The molecule has 0 spiro atoms. The third kappa shape index (κ3) is 2.98. The van der Waals surface area contributed by atoms with Crippen LogP contribution < -0.4 is 5.32 Å². The number of ether oxygens (including phenoxy) is 1. The Morgan fingerprint density at radius 3 is 2.43 bits per heavy atom. The van der Waals surface area contributed by atoms with Gasteiger partial charge in [0.15, 0.2) is 0 Å². The maximum absolute atomic E-state index is 12.5. The van der Waals surface area contributed by atoms with Gasteiger partial charge >= 0.3 is 6.03 Å². The zero-order valence-electron chi connectivity index (χ0n) is 13.8. The van der Waals surface area contributed by atoms with Crippen molar-refractivity contribution in [2.24, 2.45) is 0 Å². The maximum atomic E-state index is 12.5. The fourth-order valence-corrected chi connectivity index (χ4v) is 3.51. The highest BCUT2D eigenvalue weighted by molar-refractivity contribution is 6.04. The number of benzene rings is 1. The number of hydrogen-bond acceptors (Lipinski definition) is 3. The quantitative estimate of drug-likeness (QED) is 0.868. The minimum atomic E-state index is -0.377. The average molecular weight is 316 g/mol. The van der Waals surface area contributed by atoms with Crippen molar-refractivity contribution in [3.63, 3.8) is 0 Å². The number of imide groups is 1. The molecule has 0 aromatic heterocycles. The Balaban J connectivity index is 1.89. The molecule has 2 heterocycles. The number of amides is 3. The number of carbonyl (C=O) groups excluding carboxylic acids is 2. The molecule has 2 fully saturated rings. The van der Waals surface area contributed by atoms with Crippen LogP contribution in [-0.4, -0.2) is 42.6 Å². The van der Waals surface area contributed by atoms with Crippen molar-refractivity contribution in [1.82, 2.24) is 10.2 Å². The molecule has 3 amide bonds. The number of nitrogens with zero attached hydrogens (tertiary/aromatic N) is 1. The molecule has 124 valence electrons. The number of urea groups is 1. The Hall–Kier alpha value is -1.88. The molecule has 5 nitrogen and oxygen atoms in total. The number of hydrogen-bond donors (Lipinski definition) is 1. The molecule has 2 aliphatic heterocycles. The molecule has 0 aliphatic carbocycles. The number of aryl methyl sites for hydroxylation is 1. The zero-order chi connectivity index (χ0) is 16.4. The van der Waals surface area contributed by atoms with Crippen LogP contribution in [0.15, 0.2) is 24.3 Å². The second kappa shape index (κ2) is 6.32. The van der Waals surface area contributed by atoms with Crippen molar-refractivity contribution >= 4 is 11.9 Å². The van der Waals surface area contributed by atoms with E-state index in [2.05, 4.69) is 36.5 Å². The van der Waals surface area contributed by atoms with Gasteiger partial charge in [-0.05, 0) is 31.7 Å². The van der Waals surface area contributed by atoms with E-state index < -0.39 is 0 Å². The van der Waals surface area contributed by atoms with E-state index in [0.717, 1.165) is 12.8 Å². The number of carbonyl (C=O) groups is 2. The molecule has 1 atom stereocenters. The van der Waals surface area contributed by atoms with Crippen molar-refractivity contribution < 1.29 is 14.3 Å². The summed E-state index contributed by atoms with van der Waals surface area (Å²) in [6.07, 6.45) is 2.27. The molecule has 0 unspecified atom stereocenters. The summed E-state index contributed by atoms with van der Waals surface area (Å²) in [5, 5.41) is 2.78. The first-order valence-corrected chi connectivity index (χ1v) is 8.32. The van der Waals surface area contributed by atoms with Gasteiger partial charge in [-0.2, -0.15) is 0 Å². The van der Waals surface area contributed by atoms with Gasteiger partial charge in [-0.3, -0.25) is 9.69 Å². The lowest BCUT2D eigenvalue weighted by Crippen LogP contribution is -2.47. The number of rotatable bonds is 4. The largest absolute Gasteiger partial charge is 0.381 e. The first-order valence-electron chi connectivity index (χ1n) is 8.32. The van der Waals surface area contributed by atoms with Gasteiger partial charge in [0.25, 0.3) is 5.91 Å². The van der Waals surface area contributed by atoms with Gasteiger partial charge in [-0.15, -0.1) is 0 Å². The predicted molar refractivity (Wildman–Crippen MR) is 87.2 cm³/mol. The summed E-state index contributed by atoms with van der Waals surface area (Å²) >= 11 is 0. The first kappa shape index (κ1) is 16.0. The van der Waals surface area contributed by atoms with Crippen molar-refractivity contribution in [1.29, 1.82) is 0 Å². The lowest BCUT2D eigenvalue weighted by molar-refractivity contribution is -0.128. The highest BCUT2D eigenvalue weighted by Crippen LogP contribution is 2.36. The smallest absolute Gasteiger partial charge is 0.324 e. The minimum Gasteiger partial charge on any atom is -0.381 e. The van der Waals surface area contributed by atoms with Gasteiger partial charge < -0.3 is 10.1 Å². The number of nitrogens with one attached hydrogen (secondary N) is 1. The highest BCUT2D eigenvalue weighted by atomic mass is 16.5. The molecule has 1 aromatic carbocycles. The van der Waals surface area contributed by atoms with E-state index >= 15 is 0 Å². The van der Waals surface area contributed by atoms with Crippen LogP contribution in [0.1, 0.15) is 37.3 Å². The van der Waals surface area contributed by atoms with E-state index in [9.17, 15) is 9.59 Å². The van der Waals surface area contributed by atoms with E-state index in [1.165, 1.54) is 16.0 Å². The van der Waals surface area contributed by atoms with Crippen molar-refractivity contribution in [2.75, 3.05) is 19.8 Å². The Kier molecular flexibility index (Phi) is 4.39. The summed E-state index contributed by atoms with van der Waals surface area (Å²) in [5.74, 6) is -0.101. The summed E-state index contributed by atoms with van der Waals surface area (Å²) in [4.78, 5) is 26.1. The van der Waals surface area contributed by atoms with Crippen molar-refractivity contribution in [3.05, 3.63) is 35.4 Å². The molecule has 1 N–H and O–H groups in total. The van der Waals surface area contributed by atoms with Crippen LogP contribution in [0.2, 0.25) is 0 Å². The van der Waals surface area contributed by atoms with Crippen LogP contribution in [0.25, 0.3) is 0 Å². The Labute approximate surface area is 137 Å². The van der Waals surface area contributed by atoms with Gasteiger partial charge in [0.1, 0.15) is 6.04 Å². The van der Waals surface area contributed by atoms with Crippen LogP contribution in [0.3, 0.4) is 0 Å². The minimum absolute atomic E-state index is 0.101. The lowest BCUT2D eigenvalue weighted by atomic mass is 9.73. The molecule has 2 saturated heterocycles. The highest BCUT2D eigenvalue weighted by Gasteiger charge is 2.44. The van der Waals surface area contributed by atoms with E-state index in [1.54, 1.807) is 0 Å². The standard InChI is InChI=1S/C18H24N2O3/c1-3-15-16(21)20(17(22)19-15)12-18(8-10-23-11-9-18)14-6-4-13(2)5-7-14/h4-7,15H,3,8-12H2,1-2H3,(H,19,22)/t15-/m0/s1. The van der Waals surface area contributed by atoms with Crippen LogP contribution in [-0.2, 0) is 14.9 Å². The summed E-state index contributed by atoms with van der Waals surface area (Å²) in [7, 11) is 0. The Bertz CT molecular complexity index is 591. The molecule has 1 aromatic rings. The van der Waals surface area contributed by atoms with Gasteiger partial charge in [0.2, 0.25) is 0 Å². The van der Waals surface area contributed by atoms with Gasteiger partial charge in [-0.25, -0.2) is 4.79 Å². The molecule has 3 rings (SSSR count). The molecule has 2 aliphatic rings. The topological polar surface area (TPSA) is 58.6 Å². The van der Waals surface area contributed by atoms with Crippen LogP contribution in [0.5, 0.6) is 0 Å². The van der Waals surface area contributed by atoms with E-state index in [0.29, 0.717) is 26.2 Å². The molecule has 5 heteroatoms. The molecule has 0 bridgehead atoms. The molecular weight excluding hydrogens is 292 g/mol. The fraction of sp³-hybridized carbons (Fsp3) is 0.556. The summed E-state index contributed by atoms with van der Waals surface area (Å²) in [6.45, 7) is 5.73. The van der Waals surface area contributed by atoms with E-state index in [-0.39, 0.29) is 23.4 Å². The second-order valence-electron chi connectivity index (χ2n) is 6.59. The lowest BCUT2D eigenvalue weighted by Gasteiger charge is -2.39. The summed E-state index contributed by atoms with van der Waals surface area (Å²) in [6, 6.07) is 7.78. The average Bonchev–Trinajstić information content (AvgIpc) is 2.84. The van der Waals surface area contributed by atoms with Crippen LogP contribution in [0.4, 0.5) is 4.79 Å². The van der Waals surface area contributed by atoms with E-state index in [1.807, 2.05) is 6.92 Å².